The number of rotatable bonds is 0. The zero-order valence-corrected chi connectivity index (χ0v) is 10.3. The first-order valence-electron chi connectivity index (χ1n) is 4.97. The van der Waals surface area contributed by atoms with Gasteiger partial charge in [0.25, 0.3) is 0 Å². The predicted molar refractivity (Wildman–Crippen MR) is 58.7 cm³/mol. The summed E-state index contributed by atoms with van der Waals surface area (Å²) in [4.78, 5) is 0. The molecule has 1 saturated carbocycles. The van der Waals surface area contributed by atoms with Crippen LogP contribution in [-0.4, -0.2) is 4.32 Å². The summed E-state index contributed by atoms with van der Waals surface area (Å²) in [5.74, 6) is 0.784. The summed E-state index contributed by atoms with van der Waals surface area (Å²) in [6.07, 6.45) is 4.38. The Hall–Kier alpha value is -0.0300. The van der Waals surface area contributed by atoms with E-state index in [4.69, 9.17) is 5.26 Å². The number of halogens is 1. The van der Waals surface area contributed by atoms with Crippen LogP contribution in [0.3, 0.4) is 0 Å². The number of hydrogen-bond acceptors (Lipinski definition) is 1. The molecule has 0 atom stereocenters. The molecule has 0 spiro atoms. The summed E-state index contributed by atoms with van der Waals surface area (Å²) in [6, 6.07) is 2.37. The summed E-state index contributed by atoms with van der Waals surface area (Å²) < 4.78 is -0.214. The Balaban J connectivity index is 2.54. The molecule has 0 unspecified atom stereocenters. The fraction of sp³-hybridized carbons (Fsp3) is 0.909. The maximum absolute atomic E-state index is 8.94. The molecular weight excluding hydrogens is 226 g/mol. The smallest absolute Gasteiger partial charge is 0.112 e. The first-order chi connectivity index (χ1) is 5.87. The Morgan fingerprint density at radius 2 is 1.77 bits per heavy atom. The summed E-state index contributed by atoms with van der Waals surface area (Å²) in [5, 5.41) is 8.94. The number of nitrogens with zero attached hydrogens (tertiary/aromatic N) is 1. The summed E-state index contributed by atoms with van der Waals surface area (Å²) in [7, 11) is 0. The van der Waals surface area contributed by atoms with Gasteiger partial charge in [-0.1, -0.05) is 36.7 Å². The van der Waals surface area contributed by atoms with Gasteiger partial charge in [-0.2, -0.15) is 5.26 Å². The van der Waals surface area contributed by atoms with Gasteiger partial charge >= 0.3 is 0 Å². The zero-order valence-electron chi connectivity index (χ0n) is 8.73. The van der Waals surface area contributed by atoms with Crippen LogP contribution in [0.5, 0.6) is 0 Å². The molecule has 0 radical (unpaired) electrons. The van der Waals surface area contributed by atoms with E-state index in [0.717, 1.165) is 18.8 Å². The molecule has 74 valence electrons. The molecule has 0 aromatic rings. The molecule has 0 bridgehead atoms. The van der Waals surface area contributed by atoms with E-state index in [2.05, 4.69) is 42.8 Å². The monoisotopic (exact) mass is 243 g/mol. The van der Waals surface area contributed by atoms with Crippen molar-refractivity contribution in [1.82, 2.24) is 0 Å². The molecule has 0 N–H and O–H groups in total. The molecule has 1 aliphatic carbocycles. The van der Waals surface area contributed by atoms with Gasteiger partial charge in [0.1, 0.15) is 4.32 Å². The van der Waals surface area contributed by atoms with E-state index in [1.165, 1.54) is 12.8 Å². The first-order valence-corrected chi connectivity index (χ1v) is 5.77. The molecule has 0 heterocycles. The third-order valence-corrected chi connectivity index (χ3v) is 4.17. The normalized spacial score (nSPS) is 35.5. The highest BCUT2D eigenvalue weighted by atomic mass is 79.9. The molecule has 1 nitrogen and oxygen atoms in total. The average Bonchev–Trinajstić information content (AvgIpc) is 2.04. The highest BCUT2D eigenvalue weighted by molar-refractivity contribution is 9.10. The van der Waals surface area contributed by atoms with Crippen LogP contribution in [0, 0.1) is 22.7 Å². The van der Waals surface area contributed by atoms with Gasteiger partial charge in [0.05, 0.1) is 6.07 Å². The lowest BCUT2D eigenvalue weighted by atomic mass is 9.70. The van der Waals surface area contributed by atoms with Crippen molar-refractivity contribution in [1.29, 1.82) is 5.26 Å². The predicted octanol–water partition coefficient (Wildman–Crippen LogP) is 3.88. The molecule has 1 rings (SSSR count). The SMILES string of the molecule is CC(C)(C)C1CCC(Br)(C#N)CC1. The van der Waals surface area contributed by atoms with Crippen LogP contribution in [0.1, 0.15) is 46.5 Å². The van der Waals surface area contributed by atoms with Gasteiger partial charge in [0, 0.05) is 0 Å². The van der Waals surface area contributed by atoms with Crippen molar-refractivity contribution in [2.45, 2.75) is 50.8 Å². The number of hydrogen-bond donors (Lipinski definition) is 0. The molecule has 1 fully saturated rings. The Morgan fingerprint density at radius 3 is 2.08 bits per heavy atom. The Morgan fingerprint density at radius 1 is 1.31 bits per heavy atom. The highest BCUT2D eigenvalue weighted by Gasteiger charge is 2.36. The lowest BCUT2D eigenvalue weighted by Gasteiger charge is -2.38. The molecule has 0 amide bonds. The second-order valence-electron chi connectivity index (χ2n) is 5.22. The second-order valence-corrected chi connectivity index (χ2v) is 6.74. The van der Waals surface area contributed by atoms with Crippen LogP contribution in [0.2, 0.25) is 0 Å². The van der Waals surface area contributed by atoms with Crippen molar-refractivity contribution >= 4 is 15.9 Å². The van der Waals surface area contributed by atoms with Crippen molar-refractivity contribution in [3.8, 4) is 6.07 Å². The van der Waals surface area contributed by atoms with Gasteiger partial charge < -0.3 is 0 Å². The summed E-state index contributed by atoms with van der Waals surface area (Å²) in [5.41, 5.74) is 0.407. The Kier molecular flexibility index (Phi) is 3.07. The summed E-state index contributed by atoms with van der Waals surface area (Å²) >= 11 is 3.53. The van der Waals surface area contributed by atoms with Crippen LogP contribution >= 0.6 is 15.9 Å². The van der Waals surface area contributed by atoms with Gasteiger partial charge in [-0.3, -0.25) is 0 Å². The van der Waals surface area contributed by atoms with Crippen molar-refractivity contribution in [2.24, 2.45) is 11.3 Å². The van der Waals surface area contributed by atoms with Crippen molar-refractivity contribution in [3.05, 3.63) is 0 Å². The quantitative estimate of drug-likeness (QED) is 0.593. The molecular formula is C11H18BrN. The zero-order chi connectivity index (χ0) is 10.1. The van der Waals surface area contributed by atoms with Gasteiger partial charge in [-0.15, -0.1) is 0 Å². The van der Waals surface area contributed by atoms with E-state index < -0.39 is 0 Å². The lowest BCUT2D eigenvalue weighted by Crippen LogP contribution is -2.32. The first kappa shape index (κ1) is 11.0. The Bertz CT molecular complexity index is 213. The van der Waals surface area contributed by atoms with Crippen molar-refractivity contribution in [3.63, 3.8) is 0 Å². The van der Waals surface area contributed by atoms with Gasteiger partial charge in [-0.25, -0.2) is 0 Å². The highest BCUT2D eigenvalue weighted by Crippen LogP contribution is 2.44. The van der Waals surface area contributed by atoms with Crippen molar-refractivity contribution < 1.29 is 0 Å². The van der Waals surface area contributed by atoms with Gasteiger partial charge in [-0.05, 0) is 37.0 Å². The molecule has 1 aliphatic rings. The standard InChI is InChI=1S/C11H18BrN/c1-10(2,3)9-4-6-11(12,8-13)7-5-9/h9H,4-7H2,1-3H3. The maximum Gasteiger partial charge on any atom is 0.112 e. The number of nitriles is 1. The Labute approximate surface area is 89.6 Å². The third kappa shape index (κ3) is 2.71. The third-order valence-electron chi connectivity index (χ3n) is 3.20. The lowest BCUT2D eigenvalue weighted by molar-refractivity contribution is 0.173. The molecule has 0 aliphatic heterocycles. The second kappa shape index (κ2) is 3.61. The van der Waals surface area contributed by atoms with Crippen LogP contribution in [0.4, 0.5) is 0 Å². The van der Waals surface area contributed by atoms with Gasteiger partial charge in [0.15, 0.2) is 0 Å². The topological polar surface area (TPSA) is 23.8 Å². The minimum Gasteiger partial charge on any atom is -0.197 e. The van der Waals surface area contributed by atoms with Crippen LogP contribution < -0.4 is 0 Å². The number of alkyl halides is 1. The fourth-order valence-electron chi connectivity index (χ4n) is 2.05. The van der Waals surface area contributed by atoms with Crippen LogP contribution in [-0.2, 0) is 0 Å². The minimum atomic E-state index is -0.214. The van der Waals surface area contributed by atoms with E-state index in [9.17, 15) is 0 Å². The average molecular weight is 244 g/mol. The van der Waals surface area contributed by atoms with Crippen LogP contribution in [0.25, 0.3) is 0 Å². The molecule has 2 heteroatoms. The van der Waals surface area contributed by atoms with Crippen LogP contribution in [0.15, 0.2) is 0 Å². The van der Waals surface area contributed by atoms with E-state index >= 15 is 0 Å². The van der Waals surface area contributed by atoms with Gasteiger partial charge in [0.2, 0.25) is 0 Å². The fourth-order valence-corrected chi connectivity index (χ4v) is 2.51. The molecule has 0 saturated heterocycles. The minimum absolute atomic E-state index is 0.214. The maximum atomic E-state index is 8.94. The van der Waals surface area contributed by atoms with E-state index in [1.807, 2.05) is 0 Å². The van der Waals surface area contributed by atoms with Crippen molar-refractivity contribution in [2.75, 3.05) is 0 Å². The summed E-state index contributed by atoms with van der Waals surface area (Å²) in [6.45, 7) is 6.89. The molecule has 0 aromatic heterocycles. The van der Waals surface area contributed by atoms with E-state index in [1.54, 1.807) is 0 Å². The molecule has 0 aromatic carbocycles. The largest absolute Gasteiger partial charge is 0.197 e. The van der Waals surface area contributed by atoms with E-state index in [0.29, 0.717) is 5.41 Å². The van der Waals surface area contributed by atoms with E-state index in [-0.39, 0.29) is 4.32 Å². The molecule has 13 heavy (non-hydrogen) atoms.